The summed E-state index contributed by atoms with van der Waals surface area (Å²) in [5, 5.41) is 9.81. The van der Waals surface area contributed by atoms with Crippen LogP contribution in [-0.4, -0.2) is 25.4 Å². The Hall–Kier alpha value is -1.62. The second-order valence-corrected chi connectivity index (χ2v) is 6.52. The zero-order valence-corrected chi connectivity index (χ0v) is 12.2. The largest absolute Gasteiger partial charge is 0.481 e. The minimum Gasteiger partial charge on any atom is -0.481 e. The summed E-state index contributed by atoms with van der Waals surface area (Å²) in [6, 6.07) is 0. The van der Waals surface area contributed by atoms with E-state index in [0.29, 0.717) is 18.0 Å². The molecule has 1 N–H and O–H groups in total. The van der Waals surface area contributed by atoms with Gasteiger partial charge in [-0.1, -0.05) is 18.5 Å². The highest BCUT2D eigenvalue weighted by atomic mass is 35.5. The molecule has 3 rings (SSSR count). The third-order valence-corrected chi connectivity index (χ3v) is 4.77. The number of hydrogen-bond donors (Lipinski definition) is 1. The fraction of sp³-hybridized carbons (Fsp3) is 0.500. The lowest BCUT2D eigenvalue weighted by atomic mass is 9.81. The number of carbonyl (C=O) groups is 1. The van der Waals surface area contributed by atoms with Crippen molar-refractivity contribution >= 4 is 23.1 Å². The fourth-order valence-electron chi connectivity index (χ4n) is 3.31. The van der Waals surface area contributed by atoms with Crippen molar-refractivity contribution in [3.63, 3.8) is 0 Å². The molecule has 0 spiro atoms. The Kier molecular flexibility index (Phi) is 2.80. The molecule has 2 unspecified atom stereocenters. The van der Waals surface area contributed by atoms with E-state index in [1.165, 1.54) is 0 Å². The van der Waals surface area contributed by atoms with Crippen LogP contribution in [0.5, 0.6) is 0 Å². The van der Waals surface area contributed by atoms with Crippen molar-refractivity contribution in [3.8, 4) is 0 Å². The predicted octanol–water partition coefficient (Wildman–Crippen LogP) is 2.92. The second-order valence-electron chi connectivity index (χ2n) is 6.16. The van der Waals surface area contributed by atoms with Gasteiger partial charge in [0.25, 0.3) is 0 Å². The zero-order valence-electron chi connectivity index (χ0n) is 11.4. The molecule has 20 heavy (non-hydrogen) atoms. The smallest absolute Gasteiger partial charge is 0.309 e. The first kappa shape index (κ1) is 13.4. The van der Waals surface area contributed by atoms with E-state index in [2.05, 4.69) is 16.9 Å². The lowest BCUT2D eigenvalue weighted by Gasteiger charge is -2.25. The van der Waals surface area contributed by atoms with Gasteiger partial charge < -0.3 is 5.11 Å². The Balaban J connectivity index is 2.08. The van der Waals surface area contributed by atoms with Crippen LogP contribution in [0.4, 0.5) is 0 Å². The summed E-state index contributed by atoms with van der Waals surface area (Å²) < 4.78 is 1.92. The third-order valence-electron chi connectivity index (χ3n) is 4.48. The van der Waals surface area contributed by atoms with E-state index in [9.17, 15) is 9.90 Å². The number of fused-ring (bicyclic) bond motifs is 1. The van der Waals surface area contributed by atoms with Crippen LogP contribution < -0.4 is 0 Å². The van der Waals surface area contributed by atoms with Gasteiger partial charge in [-0.2, -0.15) is 0 Å². The number of aromatic nitrogens is 3. The summed E-state index contributed by atoms with van der Waals surface area (Å²) >= 11 is 6.06. The normalized spacial score (nSPS) is 29.9. The van der Waals surface area contributed by atoms with Gasteiger partial charge in [0.15, 0.2) is 5.15 Å². The van der Waals surface area contributed by atoms with E-state index in [1.807, 2.05) is 17.5 Å². The summed E-state index contributed by atoms with van der Waals surface area (Å²) in [4.78, 5) is 20.0. The second kappa shape index (κ2) is 4.19. The monoisotopic (exact) mass is 293 g/mol. The van der Waals surface area contributed by atoms with E-state index in [-0.39, 0.29) is 5.41 Å². The standard InChI is InChI=1S/C14H16ClN3O2/c1-13(3-4-14(2,8-13)12(19)20)11-17-7-9-10(15)16-5-6-18(9)11/h5-7H,3-4,8H2,1-2H3,(H,19,20). The topological polar surface area (TPSA) is 67.5 Å². The fourth-order valence-corrected chi connectivity index (χ4v) is 3.50. The average molecular weight is 294 g/mol. The molecule has 0 radical (unpaired) electrons. The number of rotatable bonds is 2. The lowest BCUT2D eigenvalue weighted by molar-refractivity contribution is -0.147. The summed E-state index contributed by atoms with van der Waals surface area (Å²) in [5.74, 6) is 0.128. The highest BCUT2D eigenvalue weighted by Gasteiger charge is 2.49. The van der Waals surface area contributed by atoms with Gasteiger partial charge in [-0.3, -0.25) is 9.20 Å². The molecule has 0 amide bonds. The molecule has 1 fully saturated rings. The summed E-state index contributed by atoms with van der Waals surface area (Å²) in [7, 11) is 0. The highest BCUT2D eigenvalue weighted by molar-refractivity contribution is 6.32. The minimum absolute atomic E-state index is 0.260. The molecule has 0 saturated heterocycles. The first-order valence-electron chi connectivity index (χ1n) is 6.57. The van der Waals surface area contributed by atoms with Gasteiger partial charge in [-0.25, -0.2) is 9.97 Å². The maximum absolute atomic E-state index is 11.4. The van der Waals surface area contributed by atoms with Crippen molar-refractivity contribution in [2.24, 2.45) is 5.41 Å². The molecule has 6 heteroatoms. The molecule has 2 aromatic heterocycles. The number of carboxylic acid groups (broad SMARTS) is 1. The molecule has 1 aliphatic carbocycles. The van der Waals surface area contributed by atoms with Crippen molar-refractivity contribution in [2.75, 3.05) is 0 Å². The van der Waals surface area contributed by atoms with Crippen LogP contribution in [-0.2, 0) is 10.2 Å². The molecule has 106 valence electrons. The van der Waals surface area contributed by atoms with Gasteiger partial charge in [0.2, 0.25) is 0 Å². The molecule has 5 nitrogen and oxygen atoms in total. The number of hydrogen-bond acceptors (Lipinski definition) is 3. The molecule has 0 bridgehead atoms. The number of carboxylic acids is 1. The number of nitrogens with zero attached hydrogens (tertiary/aromatic N) is 3. The molecule has 2 aromatic rings. The van der Waals surface area contributed by atoms with Crippen LogP contribution >= 0.6 is 11.6 Å². The zero-order chi connectivity index (χ0) is 14.5. The molecular weight excluding hydrogens is 278 g/mol. The van der Waals surface area contributed by atoms with Gasteiger partial charge >= 0.3 is 5.97 Å². The van der Waals surface area contributed by atoms with E-state index in [4.69, 9.17) is 11.6 Å². The van der Waals surface area contributed by atoms with E-state index < -0.39 is 11.4 Å². The molecule has 2 heterocycles. The number of halogens is 1. The molecule has 1 saturated carbocycles. The van der Waals surface area contributed by atoms with Crippen molar-refractivity contribution in [1.82, 2.24) is 14.4 Å². The van der Waals surface area contributed by atoms with Crippen molar-refractivity contribution < 1.29 is 9.90 Å². The third kappa shape index (κ3) is 1.80. The molecule has 2 atom stereocenters. The number of aliphatic carboxylic acids is 1. The SMILES string of the molecule is CC1(C(=O)O)CCC(C)(c2ncc3c(Cl)nccn23)C1. The van der Waals surface area contributed by atoms with Gasteiger partial charge in [-0.05, 0) is 26.2 Å². The van der Waals surface area contributed by atoms with Crippen LogP contribution in [0.25, 0.3) is 5.52 Å². The Labute approximate surface area is 121 Å². The van der Waals surface area contributed by atoms with E-state index in [1.54, 1.807) is 12.4 Å². The number of imidazole rings is 1. The first-order chi connectivity index (χ1) is 9.36. The molecule has 0 aliphatic heterocycles. The Bertz CT molecular complexity index is 699. The Morgan fingerprint density at radius 2 is 2.15 bits per heavy atom. The van der Waals surface area contributed by atoms with Crippen LogP contribution in [0.2, 0.25) is 5.15 Å². The van der Waals surface area contributed by atoms with Gasteiger partial charge in [-0.15, -0.1) is 0 Å². The van der Waals surface area contributed by atoms with Crippen molar-refractivity contribution in [2.45, 2.75) is 38.5 Å². The van der Waals surface area contributed by atoms with E-state index >= 15 is 0 Å². The summed E-state index contributed by atoms with van der Waals surface area (Å²) in [6.07, 6.45) is 7.20. The van der Waals surface area contributed by atoms with E-state index in [0.717, 1.165) is 17.8 Å². The highest BCUT2D eigenvalue weighted by Crippen LogP contribution is 2.50. The maximum Gasteiger partial charge on any atom is 0.309 e. The lowest BCUT2D eigenvalue weighted by Crippen LogP contribution is -2.29. The van der Waals surface area contributed by atoms with Gasteiger partial charge in [0.1, 0.15) is 11.3 Å². The van der Waals surface area contributed by atoms with Crippen LogP contribution in [0.3, 0.4) is 0 Å². The quantitative estimate of drug-likeness (QED) is 0.924. The average Bonchev–Trinajstić information content (AvgIpc) is 2.94. The minimum atomic E-state index is -0.734. The molecular formula is C14H16ClN3O2. The van der Waals surface area contributed by atoms with Crippen molar-refractivity contribution in [1.29, 1.82) is 0 Å². The van der Waals surface area contributed by atoms with Crippen LogP contribution in [0.15, 0.2) is 18.6 Å². The van der Waals surface area contributed by atoms with Crippen LogP contribution in [0.1, 0.15) is 38.9 Å². The van der Waals surface area contributed by atoms with Gasteiger partial charge in [0, 0.05) is 17.8 Å². The summed E-state index contributed by atoms with van der Waals surface area (Å²) in [5.41, 5.74) is -0.184. The molecule has 0 aromatic carbocycles. The van der Waals surface area contributed by atoms with Crippen LogP contribution in [0, 0.1) is 5.41 Å². The maximum atomic E-state index is 11.4. The summed E-state index contributed by atoms with van der Waals surface area (Å²) in [6.45, 7) is 3.88. The van der Waals surface area contributed by atoms with Crippen molar-refractivity contribution in [3.05, 3.63) is 29.6 Å². The first-order valence-corrected chi connectivity index (χ1v) is 6.95. The Morgan fingerprint density at radius 3 is 2.80 bits per heavy atom. The molecule has 1 aliphatic rings. The Morgan fingerprint density at radius 1 is 1.40 bits per heavy atom. The predicted molar refractivity (Wildman–Crippen MR) is 74.9 cm³/mol. The van der Waals surface area contributed by atoms with Gasteiger partial charge in [0.05, 0.1) is 11.6 Å².